The molecule has 6 rings (SSSR count). The zero-order valence-corrected chi connectivity index (χ0v) is 53.5. The van der Waals surface area contributed by atoms with Gasteiger partial charge in [0.1, 0.15) is 36.2 Å². The van der Waals surface area contributed by atoms with E-state index in [0.29, 0.717) is 114 Å². The first-order chi connectivity index (χ1) is 42.0. The lowest BCUT2D eigenvalue weighted by Crippen LogP contribution is -2.61. The van der Waals surface area contributed by atoms with Crippen LogP contribution in [-0.4, -0.2) is 199 Å². The largest absolute Gasteiger partial charge is 0.459 e. The topological polar surface area (TPSA) is 298 Å². The van der Waals surface area contributed by atoms with Crippen molar-refractivity contribution in [1.29, 1.82) is 0 Å². The van der Waals surface area contributed by atoms with Gasteiger partial charge in [-0.05, 0) is 108 Å². The SMILES string of the molecule is CCOCCC(=O)N1CCN(c2ncc(CNC(=O)O[C@@H]3CC[C@@H](C[C@@H](N)[C@@H]4CC(=O)[C@H](C)/C=C(\C)[C@@H](O)[C@@H](OC)C(=O)[C@H](C)C[C@H](C)/C=C/C=C/C=C(\C)[C@@H](OC)C[C@@H]5CC[C@@H](C)[C@@](O)(O5)C(=O)C(=O)N5CCCC[C@H]5C(=O)O4)C[C@H]3OC)cn2)CC1. The van der Waals surface area contributed by atoms with Gasteiger partial charge in [-0.1, -0.05) is 64.2 Å². The van der Waals surface area contributed by atoms with E-state index < -0.39 is 108 Å². The number of hydrogen-bond acceptors (Lipinski definition) is 20. The van der Waals surface area contributed by atoms with Gasteiger partial charge in [-0.15, -0.1) is 0 Å². The summed E-state index contributed by atoms with van der Waals surface area (Å²) in [6.45, 7) is 15.8. The van der Waals surface area contributed by atoms with E-state index in [0.717, 1.165) is 10.5 Å². The molecular weight excluding hydrogens is 1130 g/mol. The molecule has 0 aromatic carbocycles. The number of aliphatic hydroxyl groups excluding tert-OH is 1. The van der Waals surface area contributed by atoms with E-state index >= 15 is 0 Å². The number of methoxy groups -OCH3 is 3. The first-order valence-corrected chi connectivity index (χ1v) is 31.6. The van der Waals surface area contributed by atoms with Crippen LogP contribution in [0.5, 0.6) is 0 Å². The number of cyclic esters (lactones) is 1. The lowest BCUT2D eigenvalue weighted by Gasteiger charge is -2.42. The number of anilines is 1. The summed E-state index contributed by atoms with van der Waals surface area (Å²) in [7, 11) is 4.44. The van der Waals surface area contributed by atoms with E-state index in [1.54, 1.807) is 53.3 Å². The third-order valence-electron chi connectivity index (χ3n) is 18.2. The van der Waals surface area contributed by atoms with E-state index in [1.807, 2.05) is 61.0 Å². The van der Waals surface area contributed by atoms with Gasteiger partial charge >= 0.3 is 12.1 Å². The van der Waals surface area contributed by atoms with Crippen LogP contribution in [0.15, 0.2) is 60.0 Å². The van der Waals surface area contributed by atoms with Crippen LogP contribution < -0.4 is 16.0 Å². The Bertz CT molecular complexity index is 2630. The summed E-state index contributed by atoms with van der Waals surface area (Å²) in [6, 6.07) is -2.20. The number of fused-ring (bicyclic) bond motifs is 3. The van der Waals surface area contributed by atoms with Crippen LogP contribution >= 0.6 is 0 Å². The molecule has 1 aliphatic carbocycles. The maximum Gasteiger partial charge on any atom is 0.407 e. The number of nitrogens with two attached hydrogens (primary N) is 1. The maximum atomic E-state index is 14.6. The van der Waals surface area contributed by atoms with Gasteiger partial charge in [0.05, 0.1) is 31.3 Å². The first-order valence-electron chi connectivity index (χ1n) is 31.6. The smallest absolute Gasteiger partial charge is 0.407 e. The molecule has 4 aliphatic heterocycles. The van der Waals surface area contributed by atoms with Gasteiger partial charge in [-0.2, -0.15) is 0 Å². The lowest BCUT2D eigenvalue weighted by atomic mass is 9.80. The van der Waals surface area contributed by atoms with Crippen LogP contribution in [0.2, 0.25) is 0 Å². The Morgan fingerprint density at radius 3 is 2.26 bits per heavy atom. The molecule has 1 aromatic heterocycles. The highest BCUT2D eigenvalue weighted by atomic mass is 16.6. The molecule has 1 aromatic rings. The van der Waals surface area contributed by atoms with E-state index in [4.69, 9.17) is 38.9 Å². The molecule has 15 atom stereocenters. The Kier molecular flexibility index (Phi) is 27.9. The average Bonchev–Trinajstić information content (AvgIpc) is 1.16. The molecule has 0 radical (unpaired) electrons. The van der Waals surface area contributed by atoms with Gasteiger partial charge in [0.25, 0.3) is 11.7 Å². The number of allylic oxidation sites excluding steroid dienone is 6. The highest BCUT2D eigenvalue weighted by Gasteiger charge is 2.53. The summed E-state index contributed by atoms with van der Waals surface area (Å²) < 4.78 is 41.0. The third kappa shape index (κ3) is 19.6. The fourth-order valence-electron chi connectivity index (χ4n) is 12.6. The molecule has 490 valence electrons. The number of nitrogens with zero attached hydrogens (tertiary/aromatic N) is 5. The minimum atomic E-state index is -2.49. The summed E-state index contributed by atoms with van der Waals surface area (Å²) in [5.74, 6) is -8.03. The molecule has 0 spiro atoms. The standard InChI is InChI=1S/C65H99N7O16/c1-11-85-30-24-56(74)70-26-28-71(29-27-70)63-67-37-47(38-68-63)39-69-64(80)87-52-23-21-46(34-55(52)83-9)33-49(66)54-36-51(73)42(4)32-44(6)58(76)59(84-10)57(75)43(5)31-40(2)17-13-12-14-18-41(3)53(82-8)35-48-22-20-45(7)65(81,88-48)60(77)61(78)72-25-16-15-19-50(72)62(79)86-54/h12-14,17-18,32,37-38,40,42-43,45-46,48-50,52-55,58-59,76,81H,11,15-16,19-31,33-36,39,66H2,1-10H3,(H,69,80)/b14-12+,17-13+,41-18+,44-32+/t40-,42-,43-,45-,46+,48+,49-,50+,52-,53+,54+,55-,58-,59+,65-/m1/s1. The summed E-state index contributed by atoms with van der Waals surface area (Å²) in [4.78, 5) is 112. The Morgan fingerprint density at radius 2 is 1.58 bits per heavy atom. The van der Waals surface area contributed by atoms with Gasteiger partial charge in [0.15, 0.2) is 5.78 Å². The van der Waals surface area contributed by atoms with Gasteiger partial charge in [-0.3, -0.25) is 24.0 Å². The number of alkyl carbamates (subject to hydrolysis) is 1. The molecule has 88 heavy (non-hydrogen) atoms. The highest BCUT2D eigenvalue weighted by molar-refractivity contribution is 6.39. The summed E-state index contributed by atoms with van der Waals surface area (Å²) in [5, 5.41) is 26.4. The quantitative estimate of drug-likeness (QED) is 0.0755. The molecule has 23 heteroatoms. The summed E-state index contributed by atoms with van der Waals surface area (Å²) >= 11 is 0. The van der Waals surface area contributed by atoms with Crippen molar-refractivity contribution < 1.29 is 76.9 Å². The number of carbonyl (C=O) groups excluding carboxylic acids is 7. The average molecular weight is 1230 g/mol. The van der Waals surface area contributed by atoms with Crippen molar-refractivity contribution in [3.05, 3.63) is 65.6 Å². The molecule has 1 saturated carbocycles. The molecule has 5 heterocycles. The molecule has 0 unspecified atom stereocenters. The number of Topliss-reactive ketones (excluding diaryl/α,β-unsaturated/α-hetero) is 3. The van der Waals surface area contributed by atoms with Crippen molar-refractivity contribution in [2.24, 2.45) is 35.3 Å². The molecule has 5 aliphatic rings. The second-order valence-corrected chi connectivity index (χ2v) is 24.7. The lowest BCUT2D eigenvalue weighted by molar-refractivity contribution is -0.265. The Labute approximate surface area is 519 Å². The van der Waals surface area contributed by atoms with Crippen molar-refractivity contribution in [3.63, 3.8) is 0 Å². The first kappa shape index (κ1) is 71.3. The van der Waals surface area contributed by atoms with Gasteiger partial charge < -0.3 is 69.1 Å². The minimum Gasteiger partial charge on any atom is -0.459 e. The number of rotatable bonds is 14. The fourth-order valence-corrected chi connectivity index (χ4v) is 12.6. The summed E-state index contributed by atoms with van der Waals surface area (Å²) in [6.07, 6.45) is 11.9. The molecule has 4 fully saturated rings. The van der Waals surface area contributed by atoms with Crippen molar-refractivity contribution in [1.82, 2.24) is 25.1 Å². The number of hydrogen-bond donors (Lipinski definition) is 4. The van der Waals surface area contributed by atoms with Crippen molar-refractivity contribution in [2.75, 3.05) is 72.2 Å². The number of ether oxygens (including phenoxy) is 7. The Hall–Kier alpha value is -5.79. The molecule has 3 amide bonds. The van der Waals surface area contributed by atoms with E-state index in [-0.39, 0.29) is 62.3 Å². The maximum absolute atomic E-state index is 14.6. The zero-order chi connectivity index (χ0) is 64.2. The van der Waals surface area contributed by atoms with Crippen LogP contribution in [0, 0.1) is 29.6 Å². The van der Waals surface area contributed by atoms with Crippen molar-refractivity contribution in [3.8, 4) is 0 Å². The number of nitrogens with one attached hydrogen (secondary N) is 1. The second kappa shape index (κ2) is 34.4. The molecule has 2 bridgehead atoms. The molecule has 3 saturated heterocycles. The normalized spacial score (nSPS) is 33.9. The zero-order valence-electron chi connectivity index (χ0n) is 53.5. The minimum absolute atomic E-state index is 0.0159. The number of aromatic nitrogens is 2. The van der Waals surface area contributed by atoms with Crippen LogP contribution in [-0.2, 0) is 68.5 Å². The highest BCUT2D eigenvalue weighted by Crippen LogP contribution is 2.38. The number of esters is 1. The van der Waals surface area contributed by atoms with Crippen LogP contribution in [0.4, 0.5) is 10.7 Å². The predicted octanol–water partition coefficient (Wildman–Crippen LogP) is 5.67. The number of ketones is 3. The third-order valence-corrected chi connectivity index (χ3v) is 18.2. The van der Waals surface area contributed by atoms with E-state index in [1.165, 1.54) is 14.2 Å². The molecule has 23 nitrogen and oxygen atoms in total. The fraction of sp³-hybridized carbons (Fsp3) is 0.708. The monoisotopic (exact) mass is 1230 g/mol. The van der Waals surface area contributed by atoms with Crippen molar-refractivity contribution >= 4 is 47.2 Å². The van der Waals surface area contributed by atoms with Crippen LogP contribution in [0.25, 0.3) is 0 Å². The molecule has 5 N–H and O–H groups in total. The van der Waals surface area contributed by atoms with E-state index in [2.05, 4.69) is 15.3 Å². The number of piperazine rings is 1. The van der Waals surface area contributed by atoms with Gasteiger partial charge in [0.2, 0.25) is 17.6 Å². The predicted molar refractivity (Wildman–Crippen MR) is 327 cm³/mol. The van der Waals surface area contributed by atoms with Gasteiger partial charge in [-0.25, -0.2) is 19.6 Å². The Balaban J connectivity index is 1.16. The van der Waals surface area contributed by atoms with Crippen LogP contribution in [0.1, 0.15) is 138 Å². The molecular formula is C65H99N7O16. The number of carbonyl (C=O) groups is 7. The number of piperidine rings is 1. The number of aliphatic hydroxyl groups is 2. The van der Waals surface area contributed by atoms with E-state index in [9.17, 15) is 43.8 Å². The van der Waals surface area contributed by atoms with Crippen molar-refractivity contribution in [2.45, 2.75) is 199 Å². The summed E-state index contributed by atoms with van der Waals surface area (Å²) in [5.41, 5.74) is 8.86. The number of amides is 3. The Morgan fingerprint density at radius 1 is 0.852 bits per heavy atom. The van der Waals surface area contributed by atoms with Gasteiger partial charge in [0, 0.05) is 122 Å². The van der Waals surface area contributed by atoms with Crippen LogP contribution in [0.3, 0.4) is 0 Å². The second-order valence-electron chi connectivity index (χ2n) is 24.7.